The number of carbonyl (C=O) groups is 3. The maximum atomic E-state index is 12.9. The van der Waals surface area contributed by atoms with Gasteiger partial charge in [-0.1, -0.05) is 268 Å². The fraction of sp³-hybridized carbons (Fsp3) is 0.800. The number of hydrogen-bond donors (Lipinski definition) is 0. The molecule has 0 radical (unpaired) electrons. The molecule has 0 aliphatic heterocycles. The first kappa shape index (κ1) is 68.1. The van der Waals surface area contributed by atoms with Gasteiger partial charge in [0.25, 0.3) is 0 Å². The molecule has 6 nitrogen and oxygen atoms in total. The zero-order valence-corrected chi connectivity index (χ0v) is 47.2. The van der Waals surface area contributed by atoms with Gasteiger partial charge in [0.15, 0.2) is 6.10 Å². The van der Waals surface area contributed by atoms with Gasteiger partial charge in [0.05, 0.1) is 0 Å². The minimum Gasteiger partial charge on any atom is -0.462 e. The molecule has 0 aliphatic rings. The minimum atomic E-state index is -0.782. The third kappa shape index (κ3) is 57.9. The summed E-state index contributed by atoms with van der Waals surface area (Å²) in [6.45, 7) is 6.61. The van der Waals surface area contributed by atoms with Crippen molar-refractivity contribution in [3.8, 4) is 0 Å². The van der Waals surface area contributed by atoms with E-state index in [2.05, 4.69) is 81.5 Å². The van der Waals surface area contributed by atoms with Crippen LogP contribution in [-0.2, 0) is 28.6 Å². The van der Waals surface area contributed by atoms with Crippen molar-refractivity contribution in [1.82, 2.24) is 0 Å². The SMILES string of the molecule is CCCCC/C=C\C/C=C\C/C=C\CCCCCCCCC(=O)O[C@@H](COC(=O)CCCCCCCCCCC/C=C\C/C=C\CCCCC)COC(=O)CCCCCCCCCCCCCCCCC. The van der Waals surface area contributed by atoms with Crippen molar-refractivity contribution in [3.63, 3.8) is 0 Å². The number of ether oxygens (including phenoxy) is 3. The lowest BCUT2D eigenvalue weighted by Crippen LogP contribution is -2.30. The molecule has 0 aromatic heterocycles. The summed E-state index contributed by atoms with van der Waals surface area (Å²) < 4.78 is 16.9. The first-order valence-corrected chi connectivity index (χ1v) is 30.8. The van der Waals surface area contributed by atoms with Crippen LogP contribution in [0.2, 0.25) is 0 Å². The molecule has 0 N–H and O–H groups in total. The Hall–Kier alpha value is -2.89. The normalized spacial score (nSPS) is 12.4. The van der Waals surface area contributed by atoms with Gasteiger partial charge in [0.2, 0.25) is 0 Å². The van der Waals surface area contributed by atoms with Gasteiger partial charge in [0.1, 0.15) is 13.2 Å². The highest BCUT2D eigenvalue weighted by atomic mass is 16.6. The molecule has 71 heavy (non-hydrogen) atoms. The van der Waals surface area contributed by atoms with Gasteiger partial charge in [-0.3, -0.25) is 14.4 Å². The lowest BCUT2D eigenvalue weighted by Gasteiger charge is -2.18. The van der Waals surface area contributed by atoms with Crippen molar-refractivity contribution in [2.45, 2.75) is 322 Å². The fourth-order valence-corrected chi connectivity index (χ4v) is 8.83. The first-order valence-electron chi connectivity index (χ1n) is 30.8. The van der Waals surface area contributed by atoms with Crippen molar-refractivity contribution in [2.75, 3.05) is 13.2 Å². The van der Waals surface area contributed by atoms with Crippen LogP contribution in [0.25, 0.3) is 0 Å². The molecule has 0 amide bonds. The Labute approximate surface area is 440 Å². The Morgan fingerprint density at radius 1 is 0.282 bits per heavy atom. The predicted octanol–water partition coefficient (Wildman–Crippen LogP) is 20.8. The third-order valence-corrected chi connectivity index (χ3v) is 13.5. The van der Waals surface area contributed by atoms with E-state index in [9.17, 15) is 14.4 Å². The lowest BCUT2D eigenvalue weighted by atomic mass is 10.0. The van der Waals surface area contributed by atoms with Crippen LogP contribution in [0.5, 0.6) is 0 Å². The summed E-state index contributed by atoms with van der Waals surface area (Å²) in [4.78, 5) is 38.3. The molecule has 0 heterocycles. The summed E-state index contributed by atoms with van der Waals surface area (Å²) in [6.07, 6.45) is 74.9. The zero-order chi connectivity index (χ0) is 51.4. The highest BCUT2D eigenvalue weighted by Crippen LogP contribution is 2.16. The molecule has 412 valence electrons. The second kappa shape index (κ2) is 59.7. The van der Waals surface area contributed by atoms with Crippen LogP contribution < -0.4 is 0 Å². The van der Waals surface area contributed by atoms with Crippen LogP contribution in [0.15, 0.2) is 60.8 Å². The Kier molecular flexibility index (Phi) is 57.2. The fourth-order valence-electron chi connectivity index (χ4n) is 8.83. The number of esters is 3. The second-order valence-corrected chi connectivity index (χ2v) is 20.6. The van der Waals surface area contributed by atoms with Crippen molar-refractivity contribution < 1.29 is 28.6 Å². The quantitative estimate of drug-likeness (QED) is 0.0261. The number of carbonyl (C=O) groups excluding carboxylic acids is 3. The van der Waals surface area contributed by atoms with E-state index in [1.54, 1.807) is 0 Å². The van der Waals surface area contributed by atoms with Crippen molar-refractivity contribution in [3.05, 3.63) is 60.8 Å². The smallest absolute Gasteiger partial charge is 0.306 e. The first-order chi connectivity index (χ1) is 35.0. The molecule has 6 heteroatoms. The van der Waals surface area contributed by atoms with Crippen LogP contribution >= 0.6 is 0 Å². The lowest BCUT2D eigenvalue weighted by molar-refractivity contribution is -0.167. The van der Waals surface area contributed by atoms with Gasteiger partial charge in [0, 0.05) is 19.3 Å². The average molecular weight is 994 g/mol. The molecule has 0 spiro atoms. The third-order valence-electron chi connectivity index (χ3n) is 13.5. The Morgan fingerprint density at radius 2 is 0.507 bits per heavy atom. The number of hydrogen-bond acceptors (Lipinski definition) is 6. The highest BCUT2D eigenvalue weighted by Gasteiger charge is 2.19. The molecular weight excluding hydrogens is 877 g/mol. The predicted molar refractivity (Wildman–Crippen MR) is 307 cm³/mol. The maximum Gasteiger partial charge on any atom is 0.306 e. The zero-order valence-electron chi connectivity index (χ0n) is 47.2. The molecule has 0 aliphatic carbocycles. The van der Waals surface area contributed by atoms with E-state index >= 15 is 0 Å². The van der Waals surface area contributed by atoms with Gasteiger partial charge in [-0.2, -0.15) is 0 Å². The Bertz CT molecular complexity index is 1280. The monoisotopic (exact) mass is 993 g/mol. The van der Waals surface area contributed by atoms with E-state index in [-0.39, 0.29) is 31.1 Å². The van der Waals surface area contributed by atoms with Crippen LogP contribution in [0.1, 0.15) is 316 Å². The summed E-state index contributed by atoms with van der Waals surface area (Å²) in [6, 6.07) is 0. The summed E-state index contributed by atoms with van der Waals surface area (Å²) >= 11 is 0. The van der Waals surface area contributed by atoms with E-state index in [0.29, 0.717) is 19.3 Å². The molecule has 0 saturated carbocycles. The standard InChI is InChI=1S/C65H116O6/c1-4-7-10-13-16-19-22-25-28-30-32-34-37-40-43-46-49-52-55-58-64(67)70-61-62(60-69-63(66)57-54-51-48-45-42-39-36-27-24-21-18-15-12-9-6-3)71-65(68)59-56-53-50-47-44-41-38-35-33-31-29-26-23-20-17-14-11-8-5-2/h16-17,19-20,25-26,28-29,33,35,62H,4-15,18,21-24,27,30-32,34,36-61H2,1-3H3/b19-16-,20-17-,28-25-,29-26-,35-33-/t62-/m1/s1. The number of unbranched alkanes of at least 4 members (excludes halogenated alkanes) is 35. The topological polar surface area (TPSA) is 78.9 Å². The molecule has 0 unspecified atom stereocenters. The molecule has 0 aromatic rings. The maximum absolute atomic E-state index is 12.9. The molecular formula is C65H116O6. The Morgan fingerprint density at radius 3 is 0.817 bits per heavy atom. The van der Waals surface area contributed by atoms with Gasteiger partial charge in [-0.05, 0) is 89.9 Å². The largest absolute Gasteiger partial charge is 0.462 e. The summed E-state index contributed by atoms with van der Waals surface area (Å²) in [7, 11) is 0. The van der Waals surface area contributed by atoms with Crippen molar-refractivity contribution in [1.29, 1.82) is 0 Å². The van der Waals surface area contributed by atoms with Gasteiger partial charge in [-0.25, -0.2) is 0 Å². The molecule has 0 saturated heterocycles. The molecule has 1 atom stereocenters. The minimum absolute atomic E-state index is 0.0780. The van der Waals surface area contributed by atoms with E-state index in [1.165, 1.54) is 186 Å². The van der Waals surface area contributed by atoms with Gasteiger partial charge >= 0.3 is 17.9 Å². The number of allylic oxidation sites excluding steroid dienone is 10. The van der Waals surface area contributed by atoms with Gasteiger partial charge < -0.3 is 14.2 Å². The molecule has 0 rings (SSSR count). The van der Waals surface area contributed by atoms with Crippen molar-refractivity contribution in [2.24, 2.45) is 0 Å². The summed E-state index contributed by atoms with van der Waals surface area (Å²) in [5.74, 6) is -0.879. The van der Waals surface area contributed by atoms with Crippen LogP contribution in [-0.4, -0.2) is 37.2 Å². The second-order valence-electron chi connectivity index (χ2n) is 20.6. The van der Waals surface area contributed by atoms with E-state index < -0.39 is 6.10 Å². The van der Waals surface area contributed by atoms with Crippen LogP contribution in [0.4, 0.5) is 0 Å². The highest BCUT2D eigenvalue weighted by molar-refractivity contribution is 5.71. The Balaban J connectivity index is 4.38. The summed E-state index contributed by atoms with van der Waals surface area (Å²) in [5.41, 5.74) is 0. The number of rotatable bonds is 56. The van der Waals surface area contributed by atoms with E-state index in [0.717, 1.165) is 89.9 Å². The molecule has 0 bridgehead atoms. The van der Waals surface area contributed by atoms with Crippen molar-refractivity contribution >= 4 is 17.9 Å². The van der Waals surface area contributed by atoms with Crippen LogP contribution in [0.3, 0.4) is 0 Å². The van der Waals surface area contributed by atoms with E-state index in [4.69, 9.17) is 14.2 Å². The van der Waals surface area contributed by atoms with E-state index in [1.807, 2.05) is 0 Å². The molecule has 0 aromatic carbocycles. The summed E-state index contributed by atoms with van der Waals surface area (Å²) in [5, 5.41) is 0. The average Bonchev–Trinajstić information content (AvgIpc) is 3.37. The van der Waals surface area contributed by atoms with Gasteiger partial charge in [-0.15, -0.1) is 0 Å². The molecule has 0 fully saturated rings. The van der Waals surface area contributed by atoms with Crippen LogP contribution in [0, 0.1) is 0 Å².